The molecule has 1 unspecified atom stereocenters. The van der Waals surface area contributed by atoms with Gasteiger partial charge in [0.1, 0.15) is 11.6 Å². The number of rotatable bonds is 5. The van der Waals surface area contributed by atoms with E-state index in [1.165, 1.54) is 24.3 Å². The molecule has 22 heavy (non-hydrogen) atoms. The molecule has 2 aromatic rings. The summed E-state index contributed by atoms with van der Waals surface area (Å²) in [4.78, 5) is 11.8. The molecule has 0 spiro atoms. The Hall–Kier alpha value is -1.78. The van der Waals surface area contributed by atoms with Crippen LogP contribution < -0.4 is 10.1 Å². The molecule has 0 aliphatic rings. The average Bonchev–Trinajstić information content (AvgIpc) is 2.49. The number of amides is 1. The molecule has 0 heterocycles. The van der Waals surface area contributed by atoms with Crippen molar-refractivity contribution in [1.29, 1.82) is 0 Å². The van der Waals surface area contributed by atoms with E-state index in [-0.39, 0.29) is 24.4 Å². The van der Waals surface area contributed by atoms with Crippen LogP contribution in [0.3, 0.4) is 0 Å². The number of hydrogen-bond donors (Lipinski definition) is 1. The van der Waals surface area contributed by atoms with E-state index in [1.807, 2.05) is 6.92 Å². The van der Waals surface area contributed by atoms with Gasteiger partial charge in [0, 0.05) is 0 Å². The molecule has 2 aromatic carbocycles. The van der Waals surface area contributed by atoms with Crippen LogP contribution in [0.1, 0.15) is 18.5 Å². The van der Waals surface area contributed by atoms with Gasteiger partial charge in [0.2, 0.25) is 0 Å². The largest absolute Gasteiger partial charge is 0.484 e. The molecule has 0 aliphatic carbocycles. The quantitative estimate of drug-likeness (QED) is 0.875. The van der Waals surface area contributed by atoms with Crippen LogP contribution in [0.5, 0.6) is 5.75 Å². The minimum Gasteiger partial charge on any atom is -0.484 e. The van der Waals surface area contributed by atoms with E-state index in [0.29, 0.717) is 15.8 Å². The molecule has 1 atom stereocenters. The smallest absolute Gasteiger partial charge is 0.258 e. The van der Waals surface area contributed by atoms with E-state index in [9.17, 15) is 9.18 Å². The molecule has 1 amide bonds. The first-order valence-electron chi connectivity index (χ1n) is 6.58. The third-order valence-corrected chi connectivity index (χ3v) is 3.74. The predicted molar refractivity (Wildman–Crippen MR) is 84.9 cm³/mol. The Balaban J connectivity index is 1.88. The summed E-state index contributed by atoms with van der Waals surface area (Å²) in [6.45, 7) is 1.67. The molecule has 3 nitrogen and oxygen atoms in total. The third kappa shape index (κ3) is 4.61. The van der Waals surface area contributed by atoms with E-state index in [2.05, 4.69) is 5.32 Å². The first-order valence-corrected chi connectivity index (χ1v) is 7.34. The zero-order chi connectivity index (χ0) is 16.1. The standard InChI is InChI=1S/C16H14Cl2FNO2/c1-10(11-2-7-14(17)15(18)8-11)20-16(21)9-22-13-5-3-12(19)4-6-13/h2-8,10H,9H2,1H3,(H,20,21). The molecule has 0 radical (unpaired) electrons. The number of nitrogens with one attached hydrogen (secondary N) is 1. The van der Waals surface area contributed by atoms with E-state index in [0.717, 1.165) is 5.56 Å². The van der Waals surface area contributed by atoms with Gasteiger partial charge >= 0.3 is 0 Å². The topological polar surface area (TPSA) is 38.3 Å². The van der Waals surface area contributed by atoms with Crippen molar-refractivity contribution >= 4 is 29.1 Å². The van der Waals surface area contributed by atoms with E-state index >= 15 is 0 Å². The Bertz CT molecular complexity index is 662. The average molecular weight is 342 g/mol. The summed E-state index contributed by atoms with van der Waals surface area (Å²) >= 11 is 11.8. The second-order valence-corrected chi connectivity index (χ2v) is 5.52. The highest BCUT2D eigenvalue weighted by Gasteiger charge is 2.11. The molecule has 0 fully saturated rings. The minimum atomic E-state index is -0.356. The number of carbonyl (C=O) groups is 1. The summed E-state index contributed by atoms with van der Waals surface area (Å²) in [6, 6.07) is 10.4. The Labute approximate surface area is 138 Å². The zero-order valence-corrected chi connectivity index (χ0v) is 13.3. The van der Waals surface area contributed by atoms with E-state index < -0.39 is 0 Å². The Morgan fingerprint density at radius 3 is 2.50 bits per heavy atom. The maximum Gasteiger partial charge on any atom is 0.258 e. The maximum atomic E-state index is 12.8. The molecule has 0 aliphatic heterocycles. The van der Waals surface area contributed by atoms with Crippen LogP contribution in [0.25, 0.3) is 0 Å². The van der Waals surface area contributed by atoms with Crippen molar-refractivity contribution in [2.24, 2.45) is 0 Å². The van der Waals surface area contributed by atoms with Gasteiger partial charge in [-0.1, -0.05) is 29.3 Å². The highest BCUT2D eigenvalue weighted by atomic mass is 35.5. The number of halogens is 3. The molecule has 0 aromatic heterocycles. The summed E-state index contributed by atoms with van der Waals surface area (Å²) in [5, 5.41) is 3.68. The van der Waals surface area contributed by atoms with Crippen molar-refractivity contribution in [2.75, 3.05) is 6.61 Å². The number of ether oxygens (including phenoxy) is 1. The second kappa shape index (κ2) is 7.47. The molecule has 1 N–H and O–H groups in total. The van der Waals surface area contributed by atoms with Crippen molar-refractivity contribution in [2.45, 2.75) is 13.0 Å². The summed E-state index contributed by atoms with van der Waals surface area (Å²) < 4.78 is 18.0. The molecule has 0 bridgehead atoms. The minimum absolute atomic E-state index is 0.155. The molecule has 2 rings (SSSR count). The third-order valence-electron chi connectivity index (χ3n) is 3.00. The molecular formula is C16H14Cl2FNO2. The van der Waals surface area contributed by atoms with Gasteiger partial charge in [0.05, 0.1) is 16.1 Å². The lowest BCUT2D eigenvalue weighted by Crippen LogP contribution is -2.31. The number of hydrogen-bond acceptors (Lipinski definition) is 2. The molecule has 0 saturated carbocycles. The fourth-order valence-corrected chi connectivity index (χ4v) is 2.13. The molecule has 116 valence electrons. The summed E-state index contributed by atoms with van der Waals surface area (Å²) in [5.74, 6) is -0.216. The van der Waals surface area contributed by atoms with Gasteiger partial charge in [-0.05, 0) is 48.9 Å². The summed E-state index contributed by atoms with van der Waals surface area (Å²) in [5.41, 5.74) is 0.838. The van der Waals surface area contributed by atoms with Gasteiger partial charge < -0.3 is 10.1 Å². The van der Waals surface area contributed by atoms with Crippen LogP contribution in [-0.4, -0.2) is 12.5 Å². The van der Waals surface area contributed by atoms with Crippen molar-refractivity contribution in [3.8, 4) is 5.75 Å². The highest BCUT2D eigenvalue weighted by molar-refractivity contribution is 6.42. The van der Waals surface area contributed by atoms with Crippen LogP contribution in [0, 0.1) is 5.82 Å². The highest BCUT2D eigenvalue weighted by Crippen LogP contribution is 2.25. The lowest BCUT2D eigenvalue weighted by atomic mass is 10.1. The number of carbonyl (C=O) groups excluding carboxylic acids is 1. The lowest BCUT2D eigenvalue weighted by Gasteiger charge is -2.15. The van der Waals surface area contributed by atoms with Gasteiger partial charge in [-0.3, -0.25) is 4.79 Å². The summed E-state index contributed by atoms with van der Waals surface area (Å²) in [7, 11) is 0. The predicted octanol–water partition coefficient (Wildman–Crippen LogP) is 4.39. The maximum absolute atomic E-state index is 12.8. The zero-order valence-electron chi connectivity index (χ0n) is 11.8. The van der Waals surface area contributed by atoms with Crippen molar-refractivity contribution in [1.82, 2.24) is 5.32 Å². The van der Waals surface area contributed by atoms with E-state index in [4.69, 9.17) is 27.9 Å². The molecule has 0 saturated heterocycles. The van der Waals surface area contributed by atoms with Crippen molar-refractivity contribution in [3.63, 3.8) is 0 Å². The van der Waals surface area contributed by atoms with Crippen molar-refractivity contribution in [3.05, 3.63) is 63.9 Å². The van der Waals surface area contributed by atoms with Crippen LogP contribution in [0.4, 0.5) is 4.39 Å². The fourth-order valence-electron chi connectivity index (χ4n) is 1.83. The first-order chi connectivity index (χ1) is 10.5. The Morgan fingerprint density at radius 1 is 1.18 bits per heavy atom. The fraction of sp³-hybridized carbons (Fsp3) is 0.188. The van der Waals surface area contributed by atoms with Crippen LogP contribution in [0.15, 0.2) is 42.5 Å². The van der Waals surface area contributed by atoms with Crippen LogP contribution in [0.2, 0.25) is 10.0 Å². The van der Waals surface area contributed by atoms with Gasteiger partial charge in [-0.15, -0.1) is 0 Å². The lowest BCUT2D eigenvalue weighted by molar-refractivity contribution is -0.123. The molecule has 6 heteroatoms. The van der Waals surface area contributed by atoms with Crippen LogP contribution in [-0.2, 0) is 4.79 Å². The molecular weight excluding hydrogens is 328 g/mol. The monoisotopic (exact) mass is 341 g/mol. The van der Waals surface area contributed by atoms with Crippen molar-refractivity contribution < 1.29 is 13.9 Å². The van der Waals surface area contributed by atoms with Gasteiger partial charge in [0.15, 0.2) is 6.61 Å². The van der Waals surface area contributed by atoms with E-state index in [1.54, 1.807) is 18.2 Å². The first kappa shape index (κ1) is 16.6. The van der Waals surface area contributed by atoms with Crippen LogP contribution >= 0.6 is 23.2 Å². The Kier molecular flexibility index (Phi) is 5.63. The summed E-state index contributed by atoms with van der Waals surface area (Å²) in [6.07, 6.45) is 0. The normalized spacial score (nSPS) is 11.8. The Morgan fingerprint density at radius 2 is 1.86 bits per heavy atom. The van der Waals surface area contributed by atoms with Gasteiger partial charge in [-0.25, -0.2) is 4.39 Å². The van der Waals surface area contributed by atoms with Gasteiger partial charge in [-0.2, -0.15) is 0 Å². The number of benzene rings is 2. The second-order valence-electron chi connectivity index (χ2n) is 4.71. The SMILES string of the molecule is CC(NC(=O)COc1ccc(F)cc1)c1ccc(Cl)c(Cl)c1. The van der Waals surface area contributed by atoms with Gasteiger partial charge in [0.25, 0.3) is 5.91 Å².